The number of rotatable bonds is 12. The maximum atomic E-state index is 14.6. The number of nitrogens with zero attached hydrogens (tertiary/aromatic N) is 3. The van der Waals surface area contributed by atoms with Crippen LogP contribution in [0.1, 0.15) is 95.5 Å². The molecule has 9 nitrogen and oxygen atoms in total. The van der Waals surface area contributed by atoms with Crippen molar-refractivity contribution in [1.29, 1.82) is 0 Å². The normalized spacial score (nSPS) is 12.6. The van der Waals surface area contributed by atoms with Crippen LogP contribution in [0.15, 0.2) is 79.4 Å². The van der Waals surface area contributed by atoms with E-state index in [9.17, 15) is 14.4 Å². The first-order valence-electron chi connectivity index (χ1n) is 16.9. The SMILES string of the molecule is C=CCOc1ccc(-n2nc(C(=O)OCC)c(-c3ccc(C(=O)OC(C)(C)C)cc3C(=O)N3CCc4ccccc4C3)c2CCCC)cc1. The molecule has 0 saturated heterocycles. The van der Waals surface area contributed by atoms with Gasteiger partial charge in [0.05, 0.1) is 23.6 Å². The number of fused-ring (bicyclic) bond motifs is 1. The van der Waals surface area contributed by atoms with Crippen LogP contribution in [-0.2, 0) is 28.9 Å². The van der Waals surface area contributed by atoms with Crippen LogP contribution < -0.4 is 4.74 Å². The third-order valence-corrected chi connectivity index (χ3v) is 8.24. The molecule has 4 aromatic rings. The molecule has 49 heavy (non-hydrogen) atoms. The van der Waals surface area contributed by atoms with Crippen molar-refractivity contribution in [3.05, 3.63) is 113 Å². The van der Waals surface area contributed by atoms with Crippen LogP contribution in [0.3, 0.4) is 0 Å². The highest BCUT2D eigenvalue weighted by atomic mass is 16.6. The Morgan fingerprint density at radius 2 is 1.69 bits per heavy atom. The molecule has 1 aromatic heterocycles. The third kappa shape index (κ3) is 8.11. The fourth-order valence-corrected chi connectivity index (χ4v) is 5.95. The number of carbonyl (C=O) groups is 3. The zero-order chi connectivity index (χ0) is 35.1. The number of benzene rings is 3. The standard InChI is InChI=1S/C40H45N3O6/c1-7-10-15-34-35(36(39(46)47-9-3)41-43(34)30-17-19-31(20-18-30)48-24-8-2)32-21-16-28(38(45)49-40(4,5)6)25-33(32)37(44)42-23-22-27-13-11-12-14-29(27)26-42/h8,11-14,16-21,25H,2,7,9-10,15,22-24,26H2,1,3-6H3. The van der Waals surface area contributed by atoms with E-state index in [-0.39, 0.29) is 23.8 Å². The van der Waals surface area contributed by atoms with E-state index in [1.165, 1.54) is 5.56 Å². The van der Waals surface area contributed by atoms with Gasteiger partial charge in [-0.05, 0) is 100 Å². The molecule has 1 aliphatic heterocycles. The molecular formula is C40H45N3O6. The van der Waals surface area contributed by atoms with Gasteiger partial charge in [-0.3, -0.25) is 4.79 Å². The third-order valence-electron chi connectivity index (χ3n) is 8.24. The van der Waals surface area contributed by atoms with E-state index in [0.29, 0.717) is 55.0 Å². The first-order chi connectivity index (χ1) is 23.5. The predicted molar refractivity (Wildman–Crippen MR) is 189 cm³/mol. The van der Waals surface area contributed by atoms with Gasteiger partial charge in [0.15, 0.2) is 5.69 Å². The summed E-state index contributed by atoms with van der Waals surface area (Å²) in [4.78, 5) is 43.4. The van der Waals surface area contributed by atoms with Gasteiger partial charge in [-0.15, -0.1) is 0 Å². The molecular weight excluding hydrogens is 618 g/mol. The van der Waals surface area contributed by atoms with Crippen LogP contribution in [0.5, 0.6) is 5.75 Å². The minimum absolute atomic E-state index is 0.1000. The van der Waals surface area contributed by atoms with Crippen LogP contribution in [0, 0.1) is 0 Å². The summed E-state index contributed by atoms with van der Waals surface area (Å²) in [7, 11) is 0. The molecule has 256 valence electrons. The molecule has 0 saturated carbocycles. The lowest BCUT2D eigenvalue weighted by Gasteiger charge is -2.30. The summed E-state index contributed by atoms with van der Waals surface area (Å²) in [5.41, 5.74) is 4.69. The fourth-order valence-electron chi connectivity index (χ4n) is 5.95. The molecule has 0 N–H and O–H groups in total. The minimum Gasteiger partial charge on any atom is -0.490 e. The lowest BCUT2D eigenvalue weighted by Crippen LogP contribution is -2.36. The van der Waals surface area contributed by atoms with Crippen molar-refractivity contribution in [3.8, 4) is 22.6 Å². The van der Waals surface area contributed by atoms with Gasteiger partial charge in [0.25, 0.3) is 5.91 Å². The van der Waals surface area contributed by atoms with Crippen molar-refractivity contribution in [2.24, 2.45) is 0 Å². The summed E-state index contributed by atoms with van der Waals surface area (Å²) in [5, 5.41) is 4.84. The Morgan fingerprint density at radius 3 is 2.37 bits per heavy atom. The van der Waals surface area contributed by atoms with E-state index in [4.69, 9.17) is 19.3 Å². The molecule has 1 amide bonds. The second-order valence-electron chi connectivity index (χ2n) is 13.0. The topological polar surface area (TPSA) is 100.0 Å². The summed E-state index contributed by atoms with van der Waals surface area (Å²) in [6, 6.07) is 20.5. The van der Waals surface area contributed by atoms with Crippen molar-refractivity contribution in [1.82, 2.24) is 14.7 Å². The number of esters is 2. The van der Waals surface area contributed by atoms with Gasteiger partial charge in [0.1, 0.15) is 18.0 Å². The maximum Gasteiger partial charge on any atom is 0.359 e. The Labute approximate surface area is 288 Å². The smallest absolute Gasteiger partial charge is 0.359 e. The summed E-state index contributed by atoms with van der Waals surface area (Å²) in [6.45, 7) is 14.4. The monoisotopic (exact) mass is 663 g/mol. The van der Waals surface area contributed by atoms with Gasteiger partial charge in [-0.1, -0.05) is 56.3 Å². The molecule has 0 fully saturated rings. The highest BCUT2D eigenvalue weighted by Crippen LogP contribution is 2.36. The van der Waals surface area contributed by atoms with Gasteiger partial charge in [-0.25, -0.2) is 14.3 Å². The van der Waals surface area contributed by atoms with E-state index in [0.717, 1.165) is 29.8 Å². The van der Waals surface area contributed by atoms with Crippen LogP contribution in [0.25, 0.3) is 16.8 Å². The van der Waals surface area contributed by atoms with Crippen molar-refractivity contribution >= 4 is 17.8 Å². The minimum atomic E-state index is -0.728. The number of amides is 1. The zero-order valence-corrected chi connectivity index (χ0v) is 29.1. The van der Waals surface area contributed by atoms with Crippen molar-refractivity contribution < 1.29 is 28.6 Å². The summed E-state index contributed by atoms with van der Waals surface area (Å²) >= 11 is 0. The van der Waals surface area contributed by atoms with Crippen LogP contribution in [-0.4, -0.2) is 57.9 Å². The maximum absolute atomic E-state index is 14.6. The van der Waals surface area contributed by atoms with Crippen LogP contribution in [0.2, 0.25) is 0 Å². The summed E-state index contributed by atoms with van der Waals surface area (Å²) in [5.74, 6) is -0.710. The largest absolute Gasteiger partial charge is 0.490 e. The quantitative estimate of drug-likeness (QED) is 0.113. The Balaban J connectivity index is 1.71. The molecule has 0 aliphatic carbocycles. The molecule has 5 rings (SSSR count). The fraction of sp³-hybridized carbons (Fsp3) is 0.350. The number of aromatic nitrogens is 2. The van der Waals surface area contributed by atoms with Crippen LogP contribution >= 0.6 is 0 Å². The average molecular weight is 664 g/mol. The molecule has 0 radical (unpaired) electrons. The van der Waals surface area contributed by atoms with Crippen LogP contribution in [0.4, 0.5) is 0 Å². The van der Waals surface area contributed by atoms with Gasteiger partial charge in [0, 0.05) is 24.2 Å². The molecule has 0 unspecified atom stereocenters. The van der Waals surface area contributed by atoms with E-state index >= 15 is 0 Å². The summed E-state index contributed by atoms with van der Waals surface area (Å²) in [6.07, 6.45) is 4.67. The number of hydrogen-bond donors (Lipinski definition) is 0. The van der Waals surface area contributed by atoms with Gasteiger partial charge in [0.2, 0.25) is 0 Å². The molecule has 1 aliphatic rings. The second kappa shape index (κ2) is 15.4. The average Bonchev–Trinajstić information content (AvgIpc) is 3.47. The number of carbonyl (C=O) groups excluding carboxylic acids is 3. The first kappa shape index (κ1) is 35.1. The van der Waals surface area contributed by atoms with E-state index in [2.05, 4.69) is 19.6 Å². The Bertz CT molecular complexity index is 1830. The Morgan fingerprint density at radius 1 is 0.959 bits per heavy atom. The molecule has 2 heterocycles. The van der Waals surface area contributed by atoms with Crippen molar-refractivity contribution in [2.45, 2.75) is 72.4 Å². The number of ether oxygens (including phenoxy) is 3. The highest BCUT2D eigenvalue weighted by molar-refractivity contribution is 6.07. The molecule has 0 atom stereocenters. The predicted octanol–water partition coefficient (Wildman–Crippen LogP) is 7.78. The Hall–Kier alpha value is -5.18. The van der Waals surface area contributed by atoms with Gasteiger partial charge < -0.3 is 19.1 Å². The number of hydrogen-bond acceptors (Lipinski definition) is 7. The van der Waals surface area contributed by atoms with Crippen molar-refractivity contribution in [3.63, 3.8) is 0 Å². The summed E-state index contributed by atoms with van der Waals surface area (Å²) < 4.78 is 18.7. The zero-order valence-electron chi connectivity index (χ0n) is 29.1. The second-order valence-corrected chi connectivity index (χ2v) is 13.0. The lowest BCUT2D eigenvalue weighted by atomic mass is 9.92. The van der Waals surface area contributed by atoms with Crippen molar-refractivity contribution in [2.75, 3.05) is 19.8 Å². The first-order valence-corrected chi connectivity index (χ1v) is 16.9. The van der Waals surface area contributed by atoms with E-state index in [1.807, 2.05) is 42.5 Å². The lowest BCUT2D eigenvalue weighted by molar-refractivity contribution is 0.00692. The van der Waals surface area contributed by atoms with E-state index < -0.39 is 17.5 Å². The molecule has 0 bridgehead atoms. The molecule has 9 heteroatoms. The molecule has 0 spiro atoms. The number of unbranched alkanes of at least 4 members (excludes halogenated alkanes) is 1. The van der Waals surface area contributed by atoms with E-state index in [1.54, 1.807) is 61.6 Å². The van der Waals surface area contributed by atoms with Gasteiger partial charge >= 0.3 is 11.9 Å². The van der Waals surface area contributed by atoms with Gasteiger partial charge in [-0.2, -0.15) is 5.10 Å². The highest BCUT2D eigenvalue weighted by Gasteiger charge is 2.32. The molecule has 3 aromatic carbocycles. The Kier molecular flexibility index (Phi) is 11.0.